The maximum absolute atomic E-state index is 12.5. The molecule has 0 bridgehead atoms. The minimum atomic E-state index is -0.447. The third kappa shape index (κ3) is 5.21. The average Bonchev–Trinajstić information content (AvgIpc) is 2.62. The Labute approximate surface area is 162 Å². The van der Waals surface area contributed by atoms with E-state index in [4.69, 9.17) is 4.74 Å². The molecule has 2 rings (SSSR count). The minimum Gasteiger partial charge on any atom is -0.493 e. The highest BCUT2D eigenvalue weighted by Gasteiger charge is 2.12. The first kappa shape index (κ1) is 19.7. The van der Waals surface area contributed by atoms with Crippen LogP contribution in [0.25, 0.3) is 6.08 Å². The molecule has 0 heterocycles. The summed E-state index contributed by atoms with van der Waals surface area (Å²) in [5.74, 6) is 0.193. The number of nitriles is 1. The smallest absolute Gasteiger partial charge is 0.266 e. The van der Waals surface area contributed by atoms with Gasteiger partial charge in [0.1, 0.15) is 17.4 Å². The number of hydrogen-bond donors (Lipinski definition) is 1. The van der Waals surface area contributed by atoms with E-state index in [1.807, 2.05) is 63.2 Å². The number of nitrogens with zero attached hydrogens (tertiary/aromatic N) is 1. The van der Waals surface area contributed by atoms with Gasteiger partial charge in [0, 0.05) is 15.7 Å². The number of aryl methyl sites for hydroxylation is 2. The highest BCUT2D eigenvalue weighted by atomic mass is 79.9. The molecule has 134 valence electrons. The number of rotatable bonds is 6. The maximum Gasteiger partial charge on any atom is 0.266 e. The van der Waals surface area contributed by atoms with Crippen molar-refractivity contribution in [1.29, 1.82) is 5.26 Å². The number of amides is 1. The molecule has 0 saturated heterocycles. The predicted octanol–water partition coefficient (Wildman–Crippen LogP) is 5.40. The topological polar surface area (TPSA) is 62.1 Å². The van der Waals surface area contributed by atoms with Crippen LogP contribution in [0.4, 0.5) is 5.69 Å². The summed E-state index contributed by atoms with van der Waals surface area (Å²) in [4.78, 5) is 12.5. The fraction of sp³-hybridized carbons (Fsp3) is 0.238. The summed E-state index contributed by atoms with van der Waals surface area (Å²) in [6, 6.07) is 13.1. The lowest BCUT2D eigenvalue weighted by atomic mass is 10.1. The maximum atomic E-state index is 12.5. The van der Waals surface area contributed by atoms with Gasteiger partial charge in [0.15, 0.2) is 0 Å². The molecule has 0 aliphatic heterocycles. The van der Waals surface area contributed by atoms with E-state index in [1.165, 1.54) is 0 Å². The fourth-order valence-corrected chi connectivity index (χ4v) is 2.68. The standard InChI is InChI=1S/C21H21BrN2O2/c1-4-9-26-20-8-6-18(22)12-16(20)11-17(13-23)21(25)24-19-7-5-14(2)15(3)10-19/h5-8,10-12H,4,9H2,1-3H3,(H,24,25)/b17-11+. The van der Waals surface area contributed by atoms with E-state index in [0.717, 1.165) is 22.0 Å². The molecule has 0 unspecified atom stereocenters. The molecule has 2 aromatic carbocycles. The molecule has 26 heavy (non-hydrogen) atoms. The van der Waals surface area contributed by atoms with Gasteiger partial charge in [0.2, 0.25) is 0 Å². The predicted molar refractivity (Wildman–Crippen MR) is 108 cm³/mol. The number of ether oxygens (including phenoxy) is 1. The molecule has 1 N–H and O–H groups in total. The number of hydrogen-bond acceptors (Lipinski definition) is 3. The Morgan fingerprint density at radius 3 is 2.65 bits per heavy atom. The van der Waals surface area contributed by atoms with Gasteiger partial charge in [-0.1, -0.05) is 28.9 Å². The third-order valence-electron chi connectivity index (χ3n) is 3.86. The van der Waals surface area contributed by atoms with Crippen molar-refractivity contribution in [2.45, 2.75) is 27.2 Å². The van der Waals surface area contributed by atoms with Gasteiger partial charge < -0.3 is 10.1 Å². The molecule has 1 amide bonds. The van der Waals surface area contributed by atoms with E-state index in [0.29, 0.717) is 23.6 Å². The second-order valence-corrected chi connectivity index (χ2v) is 6.87. The van der Waals surface area contributed by atoms with Crippen LogP contribution in [0.15, 0.2) is 46.4 Å². The highest BCUT2D eigenvalue weighted by Crippen LogP contribution is 2.26. The lowest BCUT2D eigenvalue weighted by Crippen LogP contribution is -2.13. The van der Waals surface area contributed by atoms with E-state index in [1.54, 1.807) is 6.08 Å². The van der Waals surface area contributed by atoms with Crippen molar-refractivity contribution in [1.82, 2.24) is 0 Å². The van der Waals surface area contributed by atoms with Crippen molar-refractivity contribution in [3.63, 3.8) is 0 Å². The van der Waals surface area contributed by atoms with Crippen LogP contribution in [-0.4, -0.2) is 12.5 Å². The van der Waals surface area contributed by atoms with Crippen LogP contribution in [0.1, 0.15) is 30.0 Å². The van der Waals surface area contributed by atoms with Gasteiger partial charge in [0.05, 0.1) is 6.61 Å². The lowest BCUT2D eigenvalue weighted by Gasteiger charge is -2.10. The zero-order valence-corrected chi connectivity index (χ0v) is 16.7. The molecule has 2 aromatic rings. The van der Waals surface area contributed by atoms with Crippen LogP contribution in [-0.2, 0) is 4.79 Å². The summed E-state index contributed by atoms with van der Waals surface area (Å²) in [6.07, 6.45) is 2.42. The Kier molecular flexibility index (Phi) is 6.99. The summed E-state index contributed by atoms with van der Waals surface area (Å²) in [5, 5.41) is 12.2. The quantitative estimate of drug-likeness (QED) is 0.510. The second kappa shape index (κ2) is 9.21. The largest absolute Gasteiger partial charge is 0.493 e. The van der Waals surface area contributed by atoms with Gasteiger partial charge in [0.25, 0.3) is 5.91 Å². The van der Waals surface area contributed by atoms with Crippen LogP contribution in [0.3, 0.4) is 0 Å². The fourth-order valence-electron chi connectivity index (χ4n) is 2.30. The molecular weight excluding hydrogens is 392 g/mol. The normalized spacial score (nSPS) is 11.0. The van der Waals surface area contributed by atoms with E-state index < -0.39 is 5.91 Å². The van der Waals surface area contributed by atoms with Gasteiger partial charge in [-0.15, -0.1) is 0 Å². The van der Waals surface area contributed by atoms with Crippen LogP contribution < -0.4 is 10.1 Å². The molecule has 0 radical (unpaired) electrons. The SMILES string of the molecule is CCCOc1ccc(Br)cc1/C=C(\C#N)C(=O)Nc1ccc(C)c(C)c1. The zero-order chi connectivity index (χ0) is 19.1. The first-order valence-electron chi connectivity index (χ1n) is 8.37. The zero-order valence-electron chi connectivity index (χ0n) is 15.1. The van der Waals surface area contributed by atoms with E-state index in [9.17, 15) is 10.1 Å². The average molecular weight is 413 g/mol. The number of nitrogens with one attached hydrogen (secondary N) is 1. The van der Waals surface area contributed by atoms with E-state index in [2.05, 4.69) is 21.2 Å². The Hall–Kier alpha value is -2.58. The lowest BCUT2D eigenvalue weighted by molar-refractivity contribution is -0.112. The van der Waals surface area contributed by atoms with Gasteiger partial charge >= 0.3 is 0 Å². The Balaban J connectivity index is 2.29. The van der Waals surface area contributed by atoms with Crippen molar-refractivity contribution in [2.75, 3.05) is 11.9 Å². The summed E-state index contributed by atoms with van der Waals surface area (Å²) in [7, 11) is 0. The second-order valence-electron chi connectivity index (χ2n) is 5.95. The molecular formula is C21H21BrN2O2. The molecule has 0 saturated carbocycles. The van der Waals surface area contributed by atoms with Crippen molar-refractivity contribution in [3.8, 4) is 11.8 Å². The molecule has 0 aliphatic carbocycles. The molecule has 0 atom stereocenters. The van der Waals surface area contributed by atoms with E-state index >= 15 is 0 Å². The van der Waals surface area contributed by atoms with E-state index in [-0.39, 0.29) is 5.57 Å². The molecule has 0 spiro atoms. The number of carbonyl (C=O) groups is 1. The number of carbonyl (C=O) groups excluding carboxylic acids is 1. The Bertz CT molecular complexity index is 882. The number of anilines is 1. The highest BCUT2D eigenvalue weighted by molar-refractivity contribution is 9.10. The van der Waals surface area contributed by atoms with Crippen LogP contribution in [0.5, 0.6) is 5.75 Å². The summed E-state index contributed by atoms with van der Waals surface area (Å²) in [5.41, 5.74) is 3.58. The first-order chi connectivity index (χ1) is 12.4. The Morgan fingerprint density at radius 1 is 1.23 bits per heavy atom. The van der Waals surface area contributed by atoms with Crippen LogP contribution in [0, 0.1) is 25.2 Å². The Morgan fingerprint density at radius 2 is 2.00 bits per heavy atom. The number of halogens is 1. The summed E-state index contributed by atoms with van der Waals surface area (Å²) >= 11 is 3.41. The molecule has 5 heteroatoms. The van der Waals surface area contributed by atoms with Crippen LogP contribution in [0.2, 0.25) is 0 Å². The van der Waals surface area contributed by atoms with Crippen LogP contribution >= 0.6 is 15.9 Å². The van der Waals surface area contributed by atoms with Gasteiger partial charge in [-0.2, -0.15) is 5.26 Å². The monoisotopic (exact) mass is 412 g/mol. The van der Waals surface area contributed by atoms with Crippen molar-refractivity contribution in [3.05, 3.63) is 63.1 Å². The minimum absolute atomic E-state index is 0.0164. The van der Waals surface area contributed by atoms with Crippen molar-refractivity contribution < 1.29 is 9.53 Å². The van der Waals surface area contributed by atoms with Crippen molar-refractivity contribution in [2.24, 2.45) is 0 Å². The summed E-state index contributed by atoms with van der Waals surface area (Å²) in [6.45, 7) is 6.57. The molecule has 4 nitrogen and oxygen atoms in total. The molecule has 0 aromatic heterocycles. The molecule has 0 fully saturated rings. The first-order valence-corrected chi connectivity index (χ1v) is 9.16. The van der Waals surface area contributed by atoms with Gasteiger partial charge in [-0.3, -0.25) is 4.79 Å². The van der Waals surface area contributed by atoms with Gasteiger partial charge in [-0.05, 0) is 67.8 Å². The summed E-state index contributed by atoms with van der Waals surface area (Å²) < 4.78 is 6.55. The van der Waals surface area contributed by atoms with Crippen molar-refractivity contribution >= 4 is 33.6 Å². The van der Waals surface area contributed by atoms with Gasteiger partial charge in [-0.25, -0.2) is 0 Å². The third-order valence-corrected chi connectivity index (χ3v) is 4.36. The molecule has 0 aliphatic rings. The number of benzene rings is 2.